The van der Waals surface area contributed by atoms with E-state index in [0.29, 0.717) is 5.92 Å². The van der Waals surface area contributed by atoms with Gasteiger partial charge in [-0.2, -0.15) is 0 Å². The van der Waals surface area contributed by atoms with Crippen LogP contribution in [0.2, 0.25) is 5.02 Å². The molecule has 0 amide bonds. The van der Waals surface area contributed by atoms with Gasteiger partial charge in [0, 0.05) is 0 Å². The smallest absolute Gasteiger partial charge is 0.141 e. The van der Waals surface area contributed by atoms with Gasteiger partial charge in [-0.1, -0.05) is 24.6 Å². The highest BCUT2D eigenvalue weighted by atomic mass is 35.5. The molecule has 1 aliphatic rings. The summed E-state index contributed by atoms with van der Waals surface area (Å²) in [5.74, 6) is 1.48. The first kappa shape index (κ1) is 11.2. The Bertz CT molecular complexity index is 350. The van der Waals surface area contributed by atoms with Crippen molar-refractivity contribution in [2.24, 2.45) is 5.92 Å². The fourth-order valence-corrected chi connectivity index (χ4v) is 2.96. The molecule has 0 aromatic heterocycles. The van der Waals surface area contributed by atoms with Crippen molar-refractivity contribution in [1.82, 2.24) is 5.32 Å². The summed E-state index contributed by atoms with van der Waals surface area (Å²) in [6.45, 7) is 3.22. The number of hydrogen-bond acceptors (Lipinski definition) is 2. The molecule has 1 saturated heterocycles. The quantitative estimate of drug-likeness (QED) is 0.813. The summed E-state index contributed by atoms with van der Waals surface area (Å²) in [5, 5.41) is 3.87. The second-order valence-electron chi connectivity index (χ2n) is 3.90. The molecule has 0 saturated carbocycles. The van der Waals surface area contributed by atoms with Gasteiger partial charge < -0.3 is 5.32 Å². The minimum Gasteiger partial charge on any atom is -0.301 e. The van der Waals surface area contributed by atoms with Crippen molar-refractivity contribution < 1.29 is 4.39 Å². The highest BCUT2D eigenvalue weighted by Crippen LogP contribution is 2.32. The van der Waals surface area contributed by atoms with Gasteiger partial charge in [0.15, 0.2) is 0 Å². The van der Waals surface area contributed by atoms with Crippen LogP contribution in [0.4, 0.5) is 4.39 Å². The normalized spacial score (nSPS) is 26.6. The van der Waals surface area contributed by atoms with E-state index in [2.05, 4.69) is 12.2 Å². The molecule has 1 nitrogen and oxygen atoms in total. The third-order valence-corrected chi connectivity index (χ3v) is 4.27. The van der Waals surface area contributed by atoms with Crippen LogP contribution in [0.3, 0.4) is 0 Å². The molecular weight excluding hydrogens is 233 g/mol. The third kappa shape index (κ3) is 2.65. The predicted molar refractivity (Wildman–Crippen MR) is 63.8 cm³/mol. The van der Waals surface area contributed by atoms with E-state index in [1.165, 1.54) is 6.07 Å². The zero-order valence-corrected chi connectivity index (χ0v) is 10.0. The monoisotopic (exact) mass is 245 g/mol. The van der Waals surface area contributed by atoms with Crippen LogP contribution in [0.5, 0.6) is 0 Å². The minimum absolute atomic E-state index is 0.202. The average Bonchev–Trinajstić information content (AvgIpc) is 2.23. The summed E-state index contributed by atoms with van der Waals surface area (Å²) in [7, 11) is 0. The molecular formula is C11H13ClFNS. The molecule has 2 unspecified atom stereocenters. The highest BCUT2D eigenvalue weighted by Gasteiger charge is 2.19. The van der Waals surface area contributed by atoms with E-state index in [1.54, 1.807) is 12.1 Å². The standard InChI is InChI=1S/C11H13ClFNS/c1-7-5-14-11(15-6-7)8-2-3-10(13)9(12)4-8/h2-4,7,11,14H,5-6H2,1H3. The lowest BCUT2D eigenvalue weighted by atomic mass is 10.2. The largest absolute Gasteiger partial charge is 0.301 e. The van der Waals surface area contributed by atoms with Crippen molar-refractivity contribution in [2.45, 2.75) is 12.3 Å². The fourth-order valence-electron chi connectivity index (χ4n) is 1.58. The van der Waals surface area contributed by atoms with Gasteiger partial charge in [-0.3, -0.25) is 0 Å². The van der Waals surface area contributed by atoms with Crippen molar-refractivity contribution in [3.8, 4) is 0 Å². The molecule has 2 atom stereocenters. The summed E-state index contributed by atoms with van der Waals surface area (Å²) in [6, 6.07) is 4.93. The van der Waals surface area contributed by atoms with Gasteiger partial charge in [0.05, 0.1) is 10.4 Å². The number of nitrogens with one attached hydrogen (secondary N) is 1. The molecule has 1 fully saturated rings. The highest BCUT2D eigenvalue weighted by molar-refractivity contribution is 7.99. The van der Waals surface area contributed by atoms with Crippen LogP contribution in [0, 0.1) is 11.7 Å². The molecule has 82 valence electrons. The second-order valence-corrected chi connectivity index (χ2v) is 5.45. The van der Waals surface area contributed by atoms with Crippen molar-refractivity contribution in [1.29, 1.82) is 0 Å². The molecule has 1 aromatic carbocycles. The van der Waals surface area contributed by atoms with Gasteiger partial charge in [-0.15, -0.1) is 11.8 Å². The van der Waals surface area contributed by atoms with Gasteiger partial charge in [-0.05, 0) is 35.9 Å². The van der Waals surface area contributed by atoms with E-state index in [9.17, 15) is 4.39 Å². The zero-order chi connectivity index (χ0) is 10.8. The van der Waals surface area contributed by atoms with E-state index >= 15 is 0 Å². The van der Waals surface area contributed by atoms with E-state index in [-0.39, 0.29) is 16.2 Å². The van der Waals surface area contributed by atoms with Gasteiger partial charge in [0.1, 0.15) is 5.82 Å². The number of rotatable bonds is 1. The van der Waals surface area contributed by atoms with Gasteiger partial charge in [0.2, 0.25) is 0 Å². The Morgan fingerprint density at radius 1 is 1.53 bits per heavy atom. The number of benzene rings is 1. The number of halogens is 2. The van der Waals surface area contributed by atoms with Crippen LogP contribution in [-0.4, -0.2) is 12.3 Å². The van der Waals surface area contributed by atoms with Crippen LogP contribution in [0.15, 0.2) is 18.2 Å². The Morgan fingerprint density at radius 3 is 2.93 bits per heavy atom. The lowest BCUT2D eigenvalue weighted by molar-refractivity contribution is 0.529. The molecule has 0 bridgehead atoms. The maximum absolute atomic E-state index is 13.0. The summed E-state index contributed by atoms with van der Waals surface area (Å²) in [4.78, 5) is 0. The molecule has 1 aromatic rings. The molecule has 4 heteroatoms. The maximum atomic E-state index is 13.0. The summed E-state index contributed by atoms with van der Waals surface area (Å²) in [5.41, 5.74) is 1.05. The SMILES string of the molecule is CC1CNC(c2ccc(F)c(Cl)c2)SC1. The molecule has 1 heterocycles. The Balaban J connectivity index is 2.12. The van der Waals surface area contributed by atoms with E-state index in [0.717, 1.165) is 17.9 Å². The molecule has 0 aliphatic carbocycles. The van der Waals surface area contributed by atoms with Crippen LogP contribution in [0.25, 0.3) is 0 Å². The van der Waals surface area contributed by atoms with Crippen LogP contribution in [0.1, 0.15) is 17.9 Å². The third-order valence-electron chi connectivity index (χ3n) is 2.45. The lowest BCUT2D eigenvalue weighted by Crippen LogP contribution is -2.31. The fraction of sp³-hybridized carbons (Fsp3) is 0.455. The predicted octanol–water partition coefficient (Wildman–Crippen LogP) is 3.45. The van der Waals surface area contributed by atoms with Crippen LogP contribution < -0.4 is 5.32 Å². The Morgan fingerprint density at radius 2 is 2.33 bits per heavy atom. The molecule has 2 rings (SSSR count). The molecule has 15 heavy (non-hydrogen) atoms. The number of thioether (sulfide) groups is 1. The zero-order valence-electron chi connectivity index (χ0n) is 8.47. The van der Waals surface area contributed by atoms with E-state index in [1.807, 2.05) is 11.8 Å². The van der Waals surface area contributed by atoms with Gasteiger partial charge in [0.25, 0.3) is 0 Å². The maximum Gasteiger partial charge on any atom is 0.141 e. The molecule has 0 radical (unpaired) electrons. The number of hydrogen-bond donors (Lipinski definition) is 1. The molecule has 1 aliphatic heterocycles. The second kappa shape index (κ2) is 4.73. The first-order valence-corrected chi connectivity index (χ1v) is 6.39. The summed E-state index contributed by atoms with van der Waals surface area (Å²) >= 11 is 7.60. The first-order chi connectivity index (χ1) is 7.16. The van der Waals surface area contributed by atoms with Crippen LogP contribution in [-0.2, 0) is 0 Å². The van der Waals surface area contributed by atoms with Gasteiger partial charge >= 0.3 is 0 Å². The first-order valence-electron chi connectivity index (χ1n) is 4.97. The lowest BCUT2D eigenvalue weighted by Gasteiger charge is -2.27. The van der Waals surface area contributed by atoms with Crippen molar-refractivity contribution in [3.63, 3.8) is 0 Å². The van der Waals surface area contributed by atoms with Crippen molar-refractivity contribution in [2.75, 3.05) is 12.3 Å². The van der Waals surface area contributed by atoms with Crippen LogP contribution >= 0.6 is 23.4 Å². The van der Waals surface area contributed by atoms with Crippen molar-refractivity contribution in [3.05, 3.63) is 34.6 Å². The Hall–Kier alpha value is -0.250. The summed E-state index contributed by atoms with van der Waals surface area (Å²) < 4.78 is 13.0. The van der Waals surface area contributed by atoms with Gasteiger partial charge in [-0.25, -0.2) is 4.39 Å². The molecule has 1 N–H and O–H groups in total. The molecule has 0 spiro atoms. The topological polar surface area (TPSA) is 12.0 Å². The van der Waals surface area contributed by atoms with E-state index in [4.69, 9.17) is 11.6 Å². The van der Waals surface area contributed by atoms with E-state index < -0.39 is 0 Å². The Labute approximate surface area is 98.4 Å². The van der Waals surface area contributed by atoms with Crippen molar-refractivity contribution >= 4 is 23.4 Å². The average molecular weight is 246 g/mol. The summed E-state index contributed by atoms with van der Waals surface area (Å²) in [6.07, 6.45) is 0. The minimum atomic E-state index is -0.352. The Kier molecular flexibility index (Phi) is 3.54.